The van der Waals surface area contributed by atoms with Crippen LogP contribution in [0, 0.1) is 12.8 Å². The van der Waals surface area contributed by atoms with E-state index in [1.165, 1.54) is 5.22 Å². The van der Waals surface area contributed by atoms with Gasteiger partial charge < -0.3 is 4.42 Å². The van der Waals surface area contributed by atoms with Gasteiger partial charge in [-0.1, -0.05) is 25.2 Å². The molecule has 62 valence electrons. The lowest BCUT2D eigenvalue weighted by molar-refractivity contribution is 0.501. The smallest absolute Gasteiger partial charge is 0.133 e. The average Bonchev–Trinajstić information content (AvgIpc) is 2.23. The van der Waals surface area contributed by atoms with Crippen molar-refractivity contribution in [3.05, 3.63) is 34.6 Å². The van der Waals surface area contributed by atoms with Crippen molar-refractivity contribution < 1.29 is 4.42 Å². The summed E-state index contributed by atoms with van der Waals surface area (Å²) >= 11 is 0. The summed E-state index contributed by atoms with van der Waals surface area (Å²) in [7, 11) is 0. The van der Waals surface area contributed by atoms with Gasteiger partial charge in [-0.3, -0.25) is 0 Å². The van der Waals surface area contributed by atoms with Gasteiger partial charge in [0.2, 0.25) is 0 Å². The van der Waals surface area contributed by atoms with Crippen LogP contribution in [0.1, 0.15) is 12.7 Å². The van der Waals surface area contributed by atoms with Crippen LogP contribution in [0.4, 0.5) is 0 Å². The van der Waals surface area contributed by atoms with Gasteiger partial charge in [0, 0.05) is 5.22 Å². The van der Waals surface area contributed by atoms with E-state index in [0.29, 0.717) is 5.92 Å². The predicted molar refractivity (Wildman–Crippen MR) is 49.9 cm³/mol. The van der Waals surface area contributed by atoms with E-state index in [1.54, 1.807) is 0 Å². The van der Waals surface area contributed by atoms with E-state index in [4.69, 9.17) is 4.42 Å². The van der Waals surface area contributed by atoms with Gasteiger partial charge in [0.1, 0.15) is 11.2 Å². The fourth-order valence-electron chi connectivity index (χ4n) is 1.47. The van der Waals surface area contributed by atoms with Gasteiger partial charge in [-0.2, -0.15) is 0 Å². The first-order valence-corrected chi connectivity index (χ1v) is 4.22. The minimum Gasteiger partial charge on any atom is -0.461 e. The van der Waals surface area contributed by atoms with Crippen LogP contribution in [0.3, 0.4) is 0 Å². The summed E-state index contributed by atoms with van der Waals surface area (Å²) in [6, 6.07) is 2.08. The zero-order chi connectivity index (χ0) is 8.55. The van der Waals surface area contributed by atoms with Crippen molar-refractivity contribution >= 4 is 12.2 Å². The first-order valence-electron chi connectivity index (χ1n) is 4.22. The maximum atomic E-state index is 5.50. The molecule has 1 unspecified atom stereocenters. The van der Waals surface area contributed by atoms with E-state index in [0.717, 1.165) is 11.2 Å². The molecule has 0 N–H and O–H groups in total. The van der Waals surface area contributed by atoms with Crippen LogP contribution < -0.4 is 10.6 Å². The Kier molecular flexibility index (Phi) is 1.65. The highest BCUT2D eigenvalue weighted by Crippen LogP contribution is 2.01. The summed E-state index contributed by atoms with van der Waals surface area (Å²) in [5.41, 5.74) is 0.980. The number of fused-ring (bicyclic) bond motifs is 1. The lowest BCUT2D eigenvalue weighted by Crippen LogP contribution is -2.18. The number of rotatable bonds is 0. The molecule has 1 aliphatic rings. The molecule has 1 heterocycles. The Balaban J connectivity index is 2.74. The number of allylic oxidation sites excluding steroid dienone is 2. The molecule has 1 heteroatoms. The maximum absolute atomic E-state index is 5.50. The summed E-state index contributed by atoms with van der Waals surface area (Å²) in [4.78, 5) is 0. The summed E-state index contributed by atoms with van der Waals surface area (Å²) in [5.74, 6) is 1.48. The van der Waals surface area contributed by atoms with Crippen molar-refractivity contribution in [1.82, 2.24) is 0 Å². The molecular weight excluding hydrogens is 148 g/mol. The first kappa shape index (κ1) is 7.41. The van der Waals surface area contributed by atoms with Crippen LogP contribution >= 0.6 is 0 Å². The second kappa shape index (κ2) is 2.67. The molecule has 0 radical (unpaired) electrons. The monoisotopic (exact) mass is 160 g/mol. The number of aryl methyl sites for hydroxylation is 1. The van der Waals surface area contributed by atoms with Gasteiger partial charge in [-0.15, -0.1) is 0 Å². The maximum Gasteiger partial charge on any atom is 0.133 e. The Morgan fingerprint density at radius 1 is 1.42 bits per heavy atom. The summed E-state index contributed by atoms with van der Waals surface area (Å²) in [6.07, 6.45) is 8.44. The van der Waals surface area contributed by atoms with Gasteiger partial charge in [0.25, 0.3) is 0 Å². The highest BCUT2D eigenvalue weighted by molar-refractivity contribution is 5.43. The predicted octanol–water partition coefficient (Wildman–Crippen LogP) is 1.35. The van der Waals surface area contributed by atoms with Crippen LogP contribution in [0.15, 0.2) is 22.6 Å². The van der Waals surface area contributed by atoms with Crippen molar-refractivity contribution in [2.24, 2.45) is 5.92 Å². The summed E-state index contributed by atoms with van der Waals surface area (Å²) in [6.45, 7) is 4.15. The van der Waals surface area contributed by atoms with Crippen molar-refractivity contribution in [3.63, 3.8) is 0 Å². The number of furan rings is 1. The molecule has 1 aromatic rings. The topological polar surface area (TPSA) is 13.1 Å². The lowest BCUT2D eigenvalue weighted by atomic mass is 10.1. The van der Waals surface area contributed by atoms with E-state index in [-0.39, 0.29) is 0 Å². The molecule has 1 aromatic heterocycles. The molecule has 1 nitrogen and oxygen atoms in total. The van der Waals surface area contributed by atoms with Gasteiger partial charge in [0.15, 0.2) is 0 Å². The number of hydrogen-bond donors (Lipinski definition) is 0. The van der Waals surface area contributed by atoms with Crippen LogP contribution in [-0.2, 0) is 0 Å². The van der Waals surface area contributed by atoms with Crippen molar-refractivity contribution in [3.8, 4) is 0 Å². The fraction of sp³-hybridized carbons (Fsp3) is 0.273. The molecule has 0 bridgehead atoms. The molecule has 0 saturated heterocycles. The highest BCUT2D eigenvalue weighted by atomic mass is 16.3. The molecule has 0 saturated carbocycles. The third kappa shape index (κ3) is 1.22. The zero-order valence-corrected chi connectivity index (χ0v) is 7.37. The second-order valence-electron chi connectivity index (χ2n) is 3.25. The molecule has 0 aromatic carbocycles. The Morgan fingerprint density at radius 3 is 3.08 bits per heavy atom. The van der Waals surface area contributed by atoms with Gasteiger partial charge >= 0.3 is 0 Å². The van der Waals surface area contributed by atoms with Gasteiger partial charge in [-0.05, 0) is 25.0 Å². The third-order valence-corrected chi connectivity index (χ3v) is 2.02. The van der Waals surface area contributed by atoms with Crippen LogP contribution in [0.25, 0.3) is 12.2 Å². The summed E-state index contributed by atoms with van der Waals surface area (Å²) in [5, 5.41) is 1.21. The van der Waals surface area contributed by atoms with Gasteiger partial charge in [0.05, 0.1) is 0 Å². The molecule has 12 heavy (non-hydrogen) atoms. The van der Waals surface area contributed by atoms with E-state index >= 15 is 0 Å². The fourth-order valence-corrected chi connectivity index (χ4v) is 1.47. The molecule has 0 spiro atoms. The highest BCUT2D eigenvalue weighted by Gasteiger charge is 1.98. The Bertz CT molecular complexity index is 420. The van der Waals surface area contributed by atoms with Crippen LogP contribution in [-0.4, -0.2) is 0 Å². The largest absolute Gasteiger partial charge is 0.461 e. The normalized spacial score (nSPS) is 20.7. The molecule has 0 fully saturated rings. The minimum absolute atomic E-state index is 0.500. The van der Waals surface area contributed by atoms with Gasteiger partial charge in [-0.25, -0.2) is 0 Å². The van der Waals surface area contributed by atoms with Crippen LogP contribution in [0.2, 0.25) is 0 Å². The lowest BCUT2D eigenvalue weighted by Gasteiger charge is -1.91. The third-order valence-electron chi connectivity index (χ3n) is 2.02. The van der Waals surface area contributed by atoms with Crippen molar-refractivity contribution in [2.45, 2.75) is 13.8 Å². The molecule has 1 aliphatic carbocycles. The van der Waals surface area contributed by atoms with E-state index in [1.807, 2.05) is 13.0 Å². The standard InChI is InChI=1S/C11H12O/c1-8-4-3-5-11-10(6-8)7-9(2)12-11/h3-8H,1-2H3. The van der Waals surface area contributed by atoms with E-state index < -0.39 is 0 Å². The van der Waals surface area contributed by atoms with Crippen molar-refractivity contribution in [2.75, 3.05) is 0 Å². The van der Waals surface area contributed by atoms with Crippen LogP contribution in [0.5, 0.6) is 0 Å². The number of hydrogen-bond acceptors (Lipinski definition) is 1. The Labute approximate surface area is 71.7 Å². The Morgan fingerprint density at radius 2 is 2.25 bits per heavy atom. The molecule has 0 amide bonds. The van der Waals surface area contributed by atoms with E-state index in [9.17, 15) is 0 Å². The zero-order valence-electron chi connectivity index (χ0n) is 7.37. The molecule has 2 rings (SSSR count). The quantitative estimate of drug-likeness (QED) is 0.558. The second-order valence-corrected chi connectivity index (χ2v) is 3.25. The minimum atomic E-state index is 0.500. The first-order chi connectivity index (χ1) is 5.75. The average molecular weight is 160 g/mol. The molecule has 0 aliphatic heterocycles. The van der Waals surface area contributed by atoms with E-state index in [2.05, 4.69) is 31.2 Å². The van der Waals surface area contributed by atoms with Crippen molar-refractivity contribution in [1.29, 1.82) is 0 Å². The SMILES string of the molecule is Cc1cc2c(o1)=CC=CC(C)C=2. The Hall–Kier alpha value is -1.24. The molecule has 1 atom stereocenters. The summed E-state index contributed by atoms with van der Waals surface area (Å²) < 4.78 is 5.50. The molecular formula is C11H12O.